The first-order valence-electron chi connectivity index (χ1n) is 7.95. The fourth-order valence-corrected chi connectivity index (χ4v) is 1.62. The molecule has 0 bridgehead atoms. The van der Waals surface area contributed by atoms with Crippen molar-refractivity contribution in [1.82, 2.24) is 20.2 Å². The summed E-state index contributed by atoms with van der Waals surface area (Å²) in [6.45, 7) is 1.01. The number of rotatable bonds is 5. The van der Waals surface area contributed by atoms with Crippen LogP contribution in [0.5, 0.6) is 0 Å². The quantitative estimate of drug-likeness (QED) is 0.681. The zero-order chi connectivity index (χ0) is 19.1. The zero-order valence-electron chi connectivity index (χ0n) is 15.3. The predicted molar refractivity (Wildman–Crippen MR) is 101 cm³/mol. The minimum atomic E-state index is -0.144. The molecule has 0 spiro atoms. The van der Waals surface area contributed by atoms with E-state index in [1.54, 1.807) is 18.3 Å². The molecular weight excluding hydrogens is 320 g/mol. The topological polar surface area (TPSA) is 98.1 Å². The van der Waals surface area contributed by atoms with E-state index in [4.69, 9.17) is 0 Å². The van der Waals surface area contributed by atoms with Gasteiger partial charge in [0.15, 0.2) is 0 Å². The smallest absolute Gasteiger partial charge is 0.247 e. The summed E-state index contributed by atoms with van der Waals surface area (Å²) in [5.74, 6) is 0. The Bertz CT molecular complexity index is 667. The lowest BCUT2D eigenvalue weighted by molar-refractivity contribution is -0.107. The van der Waals surface area contributed by atoms with Gasteiger partial charge < -0.3 is 25.0 Å². The SMILES string of the molecule is CN(C)CCc1ccc(=O)[nH]c1.CNC.O=CCc1ccc(=O)[nH]c1. The van der Waals surface area contributed by atoms with Crippen LogP contribution in [-0.4, -0.2) is 55.9 Å². The van der Waals surface area contributed by atoms with Crippen molar-refractivity contribution in [2.24, 2.45) is 0 Å². The molecule has 0 fully saturated rings. The molecule has 138 valence electrons. The molecule has 0 radical (unpaired) electrons. The molecule has 0 amide bonds. The van der Waals surface area contributed by atoms with Gasteiger partial charge >= 0.3 is 0 Å². The molecule has 0 unspecified atom stereocenters. The van der Waals surface area contributed by atoms with Crippen molar-refractivity contribution in [3.05, 3.63) is 68.5 Å². The van der Waals surface area contributed by atoms with Crippen molar-refractivity contribution >= 4 is 6.29 Å². The second-order valence-electron chi connectivity index (χ2n) is 5.55. The first kappa shape index (κ1) is 22.5. The lowest BCUT2D eigenvalue weighted by Gasteiger charge is -2.08. The van der Waals surface area contributed by atoms with Crippen LogP contribution in [0.4, 0.5) is 0 Å². The average molecular weight is 348 g/mol. The van der Waals surface area contributed by atoms with Gasteiger partial charge in [-0.3, -0.25) is 9.59 Å². The molecule has 0 aliphatic heterocycles. The second kappa shape index (κ2) is 13.9. The fraction of sp³-hybridized carbons (Fsp3) is 0.389. The lowest BCUT2D eigenvalue weighted by Crippen LogP contribution is -2.15. The van der Waals surface area contributed by atoms with Gasteiger partial charge in [0.25, 0.3) is 0 Å². The van der Waals surface area contributed by atoms with E-state index in [2.05, 4.69) is 20.2 Å². The Morgan fingerprint density at radius 1 is 0.960 bits per heavy atom. The highest BCUT2D eigenvalue weighted by Crippen LogP contribution is 1.94. The molecule has 7 heteroatoms. The molecule has 2 aromatic heterocycles. The largest absolute Gasteiger partial charge is 0.329 e. The van der Waals surface area contributed by atoms with Crippen LogP contribution in [0.15, 0.2) is 46.2 Å². The lowest BCUT2D eigenvalue weighted by atomic mass is 10.2. The number of carbonyl (C=O) groups is 1. The van der Waals surface area contributed by atoms with Crippen molar-refractivity contribution in [2.45, 2.75) is 12.8 Å². The molecule has 2 aromatic rings. The highest BCUT2D eigenvalue weighted by molar-refractivity contribution is 5.54. The van der Waals surface area contributed by atoms with E-state index in [1.807, 2.05) is 34.3 Å². The second-order valence-corrected chi connectivity index (χ2v) is 5.55. The van der Waals surface area contributed by atoms with Crippen LogP contribution in [0.2, 0.25) is 0 Å². The number of nitrogens with one attached hydrogen (secondary N) is 3. The number of H-pyrrole nitrogens is 2. The minimum Gasteiger partial charge on any atom is -0.329 e. The van der Waals surface area contributed by atoms with Crippen molar-refractivity contribution in [3.8, 4) is 0 Å². The molecule has 25 heavy (non-hydrogen) atoms. The summed E-state index contributed by atoms with van der Waals surface area (Å²) < 4.78 is 0. The van der Waals surface area contributed by atoms with E-state index in [0.717, 1.165) is 24.8 Å². The van der Waals surface area contributed by atoms with E-state index in [0.29, 0.717) is 6.42 Å². The molecule has 0 saturated carbocycles. The molecule has 0 aromatic carbocycles. The average Bonchev–Trinajstić information content (AvgIpc) is 2.58. The van der Waals surface area contributed by atoms with Gasteiger partial charge in [-0.25, -0.2) is 0 Å². The van der Waals surface area contributed by atoms with E-state index in [9.17, 15) is 14.4 Å². The van der Waals surface area contributed by atoms with Gasteiger partial charge in [0.05, 0.1) is 0 Å². The molecule has 2 rings (SSSR count). The Kier molecular flexibility index (Phi) is 12.5. The number of hydrogen-bond acceptors (Lipinski definition) is 5. The van der Waals surface area contributed by atoms with Crippen LogP contribution in [0.1, 0.15) is 11.1 Å². The Balaban J connectivity index is 0.000000403. The molecular formula is C18H28N4O3. The van der Waals surface area contributed by atoms with Gasteiger partial charge in [-0.2, -0.15) is 0 Å². The van der Waals surface area contributed by atoms with Crippen molar-refractivity contribution in [3.63, 3.8) is 0 Å². The van der Waals surface area contributed by atoms with E-state index >= 15 is 0 Å². The van der Waals surface area contributed by atoms with Crippen LogP contribution < -0.4 is 16.4 Å². The first-order valence-corrected chi connectivity index (χ1v) is 7.95. The number of pyridine rings is 2. The summed E-state index contributed by atoms with van der Waals surface area (Å²) in [6.07, 6.45) is 5.44. The summed E-state index contributed by atoms with van der Waals surface area (Å²) >= 11 is 0. The summed E-state index contributed by atoms with van der Waals surface area (Å²) in [7, 11) is 7.82. The molecule has 0 saturated heterocycles. The van der Waals surface area contributed by atoms with Crippen molar-refractivity contribution in [2.75, 3.05) is 34.7 Å². The van der Waals surface area contributed by atoms with Gasteiger partial charge in [-0.1, -0.05) is 12.1 Å². The third kappa shape index (κ3) is 12.6. The molecule has 0 atom stereocenters. The van der Waals surface area contributed by atoms with Crippen LogP contribution in [-0.2, 0) is 17.6 Å². The maximum Gasteiger partial charge on any atom is 0.247 e. The monoisotopic (exact) mass is 348 g/mol. The molecule has 2 heterocycles. The van der Waals surface area contributed by atoms with Gasteiger partial charge in [-0.15, -0.1) is 0 Å². The molecule has 0 aliphatic rings. The number of likely N-dealkylation sites (N-methyl/N-ethyl adjacent to an activating group) is 1. The summed E-state index contributed by atoms with van der Waals surface area (Å²) in [5.41, 5.74) is 1.82. The minimum absolute atomic E-state index is 0.0383. The van der Waals surface area contributed by atoms with Crippen molar-refractivity contribution < 1.29 is 4.79 Å². The van der Waals surface area contributed by atoms with Crippen LogP contribution in [0.3, 0.4) is 0 Å². The number of aromatic amines is 2. The Morgan fingerprint density at radius 2 is 1.44 bits per heavy atom. The van der Waals surface area contributed by atoms with Gasteiger partial charge in [0, 0.05) is 37.5 Å². The number of hydrogen-bond donors (Lipinski definition) is 3. The summed E-state index contributed by atoms with van der Waals surface area (Å²) in [6, 6.07) is 6.46. The Labute approximate surface area is 148 Å². The fourth-order valence-electron chi connectivity index (χ4n) is 1.62. The maximum absolute atomic E-state index is 10.7. The molecule has 3 N–H and O–H groups in total. The van der Waals surface area contributed by atoms with Crippen LogP contribution >= 0.6 is 0 Å². The highest BCUT2D eigenvalue weighted by Gasteiger charge is 1.93. The third-order valence-corrected chi connectivity index (χ3v) is 2.86. The Hall–Kier alpha value is -2.51. The summed E-state index contributed by atoms with van der Waals surface area (Å²) in [5, 5.41) is 2.75. The number of aldehydes is 1. The molecule has 0 aliphatic carbocycles. The third-order valence-electron chi connectivity index (χ3n) is 2.86. The number of nitrogens with zero attached hydrogens (tertiary/aromatic N) is 1. The number of aromatic nitrogens is 2. The maximum atomic E-state index is 10.7. The van der Waals surface area contributed by atoms with Crippen LogP contribution in [0, 0.1) is 0 Å². The van der Waals surface area contributed by atoms with E-state index < -0.39 is 0 Å². The normalized spacial score (nSPS) is 9.48. The standard InChI is InChI=1S/C9H14N2O.C7H7NO2.C2H7N/c1-11(2)6-5-8-3-4-9(12)10-7-8;9-4-3-6-1-2-7(10)8-5-6;1-3-2/h3-4,7H,5-6H2,1-2H3,(H,10,12);1-2,4-5H,3H2,(H,8,10);3H,1-2H3. The first-order chi connectivity index (χ1) is 11.9. The van der Waals surface area contributed by atoms with Crippen molar-refractivity contribution in [1.29, 1.82) is 0 Å². The van der Waals surface area contributed by atoms with Gasteiger partial charge in [0.2, 0.25) is 11.1 Å². The predicted octanol–water partition coefficient (Wildman–Crippen LogP) is 0.431. The van der Waals surface area contributed by atoms with Gasteiger partial charge in [0.1, 0.15) is 6.29 Å². The number of carbonyl (C=O) groups excluding carboxylic acids is 1. The van der Waals surface area contributed by atoms with Gasteiger partial charge in [-0.05, 0) is 45.7 Å². The highest BCUT2D eigenvalue weighted by atomic mass is 16.1. The van der Waals surface area contributed by atoms with E-state index in [1.165, 1.54) is 17.8 Å². The summed E-state index contributed by atoms with van der Waals surface area (Å²) in [4.78, 5) is 38.4. The Morgan fingerprint density at radius 3 is 1.80 bits per heavy atom. The van der Waals surface area contributed by atoms with Crippen LogP contribution in [0.25, 0.3) is 0 Å². The van der Waals surface area contributed by atoms with E-state index in [-0.39, 0.29) is 11.1 Å². The molecule has 7 nitrogen and oxygen atoms in total. The zero-order valence-corrected chi connectivity index (χ0v) is 15.3.